The predicted molar refractivity (Wildman–Crippen MR) is 87.2 cm³/mol. The van der Waals surface area contributed by atoms with E-state index in [4.69, 9.17) is 5.11 Å². The van der Waals surface area contributed by atoms with Crippen LogP contribution in [0.15, 0.2) is 24.4 Å². The SMILES string of the molecule is Cc1ccc(NC(=O)CN2CCn3nc(C(O)CO)cc3C2)nc1. The summed E-state index contributed by atoms with van der Waals surface area (Å²) in [5.41, 5.74) is 2.42. The Bertz CT molecular complexity index is 713. The number of nitrogens with zero attached hydrogens (tertiary/aromatic N) is 4. The number of aryl methyl sites for hydroxylation is 1. The Hall–Kier alpha value is -2.29. The van der Waals surface area contributed by atoms with Crippen LogP contribution in [0.25, 0.3) is 0 Å². The lowest BCUT2D eigenvalue weighted by atomic mass is 10.2. The fraction of sp³-hybridized carbons (Fsp3) is 0.438. The first-order valence-electron chi connectivity index (χ1n) is 7.85. The van der Waals surface area contributed by atoms with Crippen molar-refractivity contribution in [2.24, 2.45) is 0 Å². The van der Waals surface area contributed by atoms with Crippen molar-refractivity contribution in [1.29, 1.82) is 0 Å². The van der Waals surface area contributed by atoms with Crippen molar-refractivity contribution in [3.8, 4) is 0 Å². The molecule has 8 nitrogen and oxygen atoms in total. The number of aliphatic hydroxyl groups is 2. The van der Waals surface area contributed by atoms with Gasteiger partial charge in [0, 0.05) is 19.3 Å². The fourth-order valence-corrected chi connectivity index (χ4v) is 2.66. The number of aromatic nitrogens is 3. The number of pyridine rings is 1. The number of hydrogen-bond acceptors (Lipinski definition) is 6. The van der Waals surface area contributed by atoms with Crippen LogP contribution in [0, 0.1) is 6.92 Å². The topological polar surface area (TPSA) is 104 Å². The number of fused-ring (bicyclic) bond motifs is 1. The van der Waals surface area contributed by atoms with Gasteiger partial charge in [-0.1, -0.05) is 6.07 Å². The minimum Gasteiger partial charge on any atom is -0.393 e. The highest BCUT2D eigenvalue weighted by Gasteiger charge is 2.22. The van der Waals surface area contributed by atoms with Crippen LogP contribution in [-0.4, -0.2) is 55.5 Å². The smallest absolute Gasteiger partial charge is 0.239 e. The summed E-state index contributed by atoms with van der Waals surface area (Å²) in [6.07, 6.45) is 0.746. The molecule has 0 saturated carbocycles. The van der Waals surface area contributed by atoms with Gasteiger partial charge >= 0.3 is 0 Å². The molecule has 3 heterocycles. The lowest BCUT2D eigenvalue weighted by Gasteiger charge is -2.26. The first-order chi connectivity index (χ1) is 11.5. The third-order valence-electron chi connectivity index (χ3n) is 3.96. The van der Waals surface area contributed by atoms with Gasteiger partial charge in [-0.15, -0.1) is 0 Å². The summed E-state index contributed by atoms with van der Waals surface area (Å²) >= 11 is 0. The first-order valence-corrected chi connectivity index (χ1v) is 7.85. The van der Waals surface area contributed by atoms with Gasteiger partial charge in [-0.2, -0.15) is 5.10 Å². The van der Waals surface area contributed by atoms with E-state index < -0.39 is 6.10 Å². The molecule has 8 heteroatoms. The number of nitrogens with one attached hydrogen (secondary N) is 1. The third-order valence-corrected chi connectivity index (χ3v) is 3.96. The standard InChI is InChI=1S/C16H21N5O3/c1-11-2-3-15(17-7-11)18-16(24)9-20-4-5-21-12(8-20)6-13(19-21)14(23)10-22/h2-3,6-7,14,22-23H,4-5,8-10H2,1H3,(H,17,18,24). The molecular formula is C16H21N5O3. The summed E-state index contributed by atoms with van der Waals surface area (Å²) in [6.45, 7) is 3.75. The molecule has 1 amide bonds. The second kappa shape index (κ2) is 7.08. The summed E-state index contributed by atoms with van der Waals surface area (Å²) < 4.78 is 1.81. The molecule has 2 aromatic heterocycles. The maximum absolute atomic E-state index is 12.1. The molecule has 0 bridgehead atoms. The Balaban J connectivity index is 1.58. The molecule has 0 saturated heterocycles. The quantitative estimate of drug-likeness (QED) is 0.716. The van der Waals surface area contributed by atoms with E-state index in [1.807, 2.05) is 22.6 Å². The molecule has 3 rings (SSSR count). The minimum atomic E-state index is -0.965. The predicted octanol–water partition coefficient (Wildman–Crippen LogP) is 0.0665. The van der Waals surface area contributed by atoms with E-state index in [0.29, 0.717) is 31.1 Å². The molecule has 0 fully saturated rings. The van der Waals surface area contributed by atoms with Gasteiger partial charge in [0.2, 0.25) is 5.91 Å². The summed E-state index contributed by atoms with van der Waals surface area (Å²) in [5.74, 6) is 0.427. The molecule has 1 unspecified atom stereocenters. The lowest BCUT2D eigenvalue weighted by Crippen LogP contribution is -2.39. The van der Waals surface area contributed by atoms with Crippen LogP contribution in [0.2, 0.25) is 0 Å². The molecule has 0 spiro atoms. The van der Waals surface area contributed by atoms with Gasteiger partial charge in [0.25, 0.3) is 0 Å². The maximum atomic E-state index is 12.1. The summed E-state index contributed by atoms with van der Waals surface area (Å²) in [4.78, 5) is 18.3. The van der Waals surface area contributed by atoms with Crippen LogP contribution >= 0.6 is 0 Å². The van der Waals surface area contributed by atoms with Crippen molar-refractivity contribution in [3.05, 3.63) is 41.3 Å². The molecule has 2 aromatic rings. The Morgan fingerprint density at radius 3 is 2.96 bits per heavy atom. The summed E-state index contributed by atoms with van der Waals surface area (Å²) in [5, 5.41) is 25.7. The highest BCUT2D eigenvalue weighted by Crippen LogP contribution is 2.18. The Labute approximate surface area is 139 Å². The van der Waals surface area contributed by atoms with Gasteiger partial charge in [0.05, 0.1) is 31.1 Å². The average molecular weight is 331 g/mol. The van der Waals surface area contributed by atoms with Crippen LogP contribution in [-0.2, 0) is 17.9 Å². The zero-order valence-electron chi connectivity index (χ0n) is 13.5. The average Bonchev–Trinajstić information content (AvgIpc) is 2.99. The van der Waals surface area contributed by atoms with Crippen LogP contribution in [0.4, 0.5) is 5.82 Å². The molecule has 0 radical (unpaired) electrons. The number of aliphatic hydroxyl groups excluding tert-OH is 2. The molecule has 128 valence electrons. The number of carbonyl (C=O) groups excluding carboxylic acids is 1. The van der Waals surface area contributed by atoms with Gasteiger partial charge in [0.15, 0.2) is 0 Å². The zero-order chi connectivity index (χ0) is 17.1. The Kier molecular flexibility index (Phi) is 4.89. The molecule has 3 N–H and O–H groups in total. The largest absolute Gasteiger partial charge is 0.393 e. The number of anilines is 1. The minimum absolute atomic E-state index is 0.116. The summed E-state index contributed by atoms with van der Waals surface area (Å²) in [7, 11) is 0. The van der Waals surface area contributed by atoms with Gasteiger partial charge < -0.3 is 15.5 Å². The number of rotatable bonds is 5. The molecule has 0 aliphatic carbocycles. The number of amides is 1. The van der Waals surface area contributed by atoms with Crippen molar-refractivity contribution in [2.75, 3.05) is 25.0 Å². The maximum Gasteiger partial charge on any atom is 0.239 e. The normalized spacial score (nSPS) is 15.8. The van der Waals surface area contributed by atoms with Crippen LogP contribution < -0.4 is 5.32 Å². The second-order valence-corrected chi connectivity index (χ2v) is 5.96. The van der Waals surface area contributed by atoms with Crippen molar-refractivity contribution in [2.45, 2.75) is 26.1 Å². The van der Waals surface area contributed by atoms with Crippen molar-refractivity contribution in [1.82, 2.24) is 19.7 Å². The highest BCUT2D eigenvalue weighted by molar-refractivity contribution is 5.91. The van der Waals surface area contributed by atoms with E-state index in [1.165, 1.54) is 0 Å². The van der Waals surface area contributed by atoms with Gasteiger partial charge in [-0.05, 0) is 24.6 Å². The van der Waals surface area contributed by atoms with E-state index in [9.17, 15) is 9.90 Å². The number of hydrogen-bond donors (Lipinski definition) is 3. The molecule has 0 aromatic carbocycles. The van der Waals surface area contributed by atoms with E-state index in [2.05, 4.69) is 15.4 Å². The molecule has 1 aliphatic rings. The van der Waals surface area contributed by atoms with Gasteiger partial charge in [-0.3, -0.25) is 14.4 Å². The Morgan fingerprint density at radius 2 is 2.25 bits per heavy atom. The molecule has 1 atom stereocenters. The van der Waals surface area contributed by atoms with Crippen LogP contribution in [0.5, 0.6) is 0 Å². The zero-order valence-corrected chi connectivity index (χ0v) is 13.5. The lowest BCUT2D eigenvalue weighted by molar-refractivity contribution is -0.117. The van der Waals surface area contributed by atoms with Gasteiger partial charge in [-0.25, -0.2) is 4.98 Å². The molecule has 1 aliphatic heterocycles. The van der Waals surface area contributed by atoms with Crippen LogP contribution in [0.3, 0.4) is 0 Å². The molecular weight excluding hydrogens is 310 g/mol. The van der Waals surface area contributed by atoms with Crippen molar-refractivity contribution in [3.63, 3.8) is 0 Å². The second-order valence-electron chi connectivity index (χ2n) is 5.96. The van der Waals surface area contributed by atoms with Gasteiger partial charge in [0.1, 0.15) is 11.9 Å². The van der Waals surface area contributed by atoms with Crippen molar-refractivity contribution >= 4 is 11.7 Å². The third kappa shape index (κ3) is 3.78. The van der Waals surface area contributed by atoms with E-state index >= 15 is 0 Å². The monoisotopic (exact) mass is 331 g/mol. The first kappa shape index (κ1) is 16.6. The fourth-order valence-electron chi connectivity index (χ4n) is 2.66. The van der Waals surface area contributed by atoms with E-state index in [-0.39, 0.29) is 19.1 Å². The number of carbonyl (C=O) groups is 1. The van der Waals surface area contributed by atoms with Crippen LogP contribution in [0.1, 0.15) is 23.1 Å². The summed E-state index contributed by atoms with van der Waals surface area (Å²) in [6, 6.07) is 5.45. The van der Waals surface area contributed by atoms with E-state index in [1.54, 1.807) is 18.3 Å². The molecule has 24 heavy (non-hydrogen) atoms. The van der Waals surface area contributed by atoms with Crippen molar-refractivity contribution < 1.29 is 15.0 Å². The Morgan fingerprint density at radius 1 is 1.42 bits per heavy atom. The van der Waals surface area contributed by atoms with E-state index in [0.717, 1.165) is 11.3 Å². The highest BCUT2D eigenvalue weighted by atomic mass is 16.3.